The molecular weight excluding hydrogens is 575 g/mol. The number of anilines is 3. The number of piperidine rings is 1. The number of ether oxygens (including phenoxy) is 1. The first-order chi connectivity index (χ1) is 19.9. The molecule has 2 aliphatic heterocycles. The van der Waals surface area contributed by atoms with Crippen molar-refractivity contribution in [3.05, 3.63) is 60.2 Å². The van der Waals surface area contributed by atoms with Gasteiger partial charge in [-0.1, -0.05) is 24.3 Å². The number of hydrogen-bond donors (Lipinski definition) is 2. The van der Waals surface area contributed by atoms with Gasteiger partial charge >= 0.3 is 12.1 Å². The summed E-state index contributed by atoms with van der Waals surface area (Å²) < 4.78 is 76.6. The maximum atomic E-state index is 14.1. The molecule has 2 aromatic heterocycles. The number of benzene rings is 1. The van der Waals surface area contributed by atoms with Crippen LogP contribution in [0.15, 0.2) is 59.6 Å². The summed E-state index contributed by atoms with van der Waals surface area (Å²) in [7, 11) is -4.34. The number of hydrogen-bond acceptors (Lipinski definition) is 8. The van der Waals surface area contributed by atoms with Gasteiger partial charge in [-0.2, -0.15) is 21.6 Å². The van der Waals surface area contributed by atoms with E-state index in [9.17, 15) is 31.5 Å². The molecule has 5 rings (SSSR count). The second kappa shape index (κ2) is 11.4. The molecule has 42 heavy (non-hydrogen) atoms. The number of rotatable bonds is 7. The Labute approximate surface area is 241 Å². The highest BCUT2D eigenvalue weighted by Gasteiger charge is 2.38. The fourth-order valence-corrected chi connectivity index (χ4v) is 6.03. The summed E-state index contributed by atoms with van der Waals surface area (Å²) in [6.45, 7) is 4.25. The van der Waals surface area contributed by atoms with Gasteiger partial charge in [0, 0.05) is 37.4 Å². The molecule has 224 valence electrons. The van der Waals surface area contributed by atoms with Crippen LogP contribution in [0.4, 0.5) is 30.5 Å². The van der Waals surface area contributed by atoms with E-state index in [4.69, 9.17) is 4.74 Å². The molecule has 0 amide bonds. The van der Waals surface area contributed by atoms with Crippen LogP contribution in [-0.2, 0) is 25.7 Å². The van der Waals surface area contributed by atoms with E-state index in [1.54, 1.807) is 36.1 Å². The van der Waals surface area contributed by atoms with E-state index in [1.807, 2.05) is 4.90 Å². The Morgan fingerprint density at radius 2 is 1.64 bits per heavy atom. The normalized spacial score (nSPS) is 17.6. The third-order valence-corrected chi connectivity index (χ3v) is 8.90. The first kappa shape index (κ1) is 29.6. The van der Waals surface area contributed by atoms with Crippen LogP contribution in [0.2, 0.25) is 0 Å². The molecule has 10 nitrogen and oxygen atoms in total. The van der Waals surface area contributed by atoms with Crippen molar-refractivity contribution in [2.75, 3.05) is 53.9 Å². The van der Waals surface area contributed by atoms with Gasteiger partial charge in [-0.3, -0.25) is 9.52 Å². The number of morpholine rings is 1. The van der Waals surface area contributed by atoms with Gasteiger partial charge in [0.15, 0.2) is 5.03 Å². The number of carboxylic acids is 1. The number of nitrogens with zero attached hydrogens (tertiary/aromatic N) is 4. The van der Waals surface area contributed by atoms with Crippen molar-refractivity contribution in [3.63, 3.8) is 0 Å². The van der Waals surface area contributed by atoms with E-state index in [2.05, 4.69) is 14.7 Å². The minimum atomic E-state index is -4.74. The number of carboxylic acid groups (broad SMARTS) is 1. The number of aliphatic carboxylic acids is 1. The van der Waals surface area contributed by atoms with Gasteiger partial charge in [0.05, 0.1) is 29.9 Å². The van der Waals surface area contributed by atoms with E-state index < -0.39 is 38.8 Å². The highest BCUT2D eigenvalue weighted by atomic mass is 32.2. The molecule has 1 aromatic carbocycles. The number of carbonyl (C=O) groups is 1. The maximum absolute atomic E-state index is 14.1. The van der Waals surface area contributed by atoms with Gasteiger partial charge in [0.2, 0.25) is 0 Å². The number of halogens is 3. The molecule has 2 saturated heterocycles. The number of pyridine rings is 2. The van der Waals surface area contributed by atoms with Crippen LogP contribution >= 0.6 is 0 Å². The predicted octanol–water partition coefficient (Wildman–Crippen LogP) is 4.49. The quantitative estimate of drug-likeness (QED) is 0.401. The lowest BCUT2D eigenvalue weighted by molar-refractivity contribution is -0.149. The minimum Gasteiger partial charge on any atom is -0.481 e. The molecule has 0 radical (unpaired) electrons. The molecule has 2 N–H and O–H groups in total. The van der Waals surface area contributed by atoms with Crippen molar-refractivity contribution in [3.8, 4) is 11.3 Å². The molecule has 0 saturated carbocycles. The number of sulfonamides is 1. The van der Waals surface area contributed by atoms with Crippen molar-refractivity contribution in [1.29, 1.82) is 0 Å². The van der Waals surface area contributed by atoms with E-state index in [0.717, 1.165) is 12.1 Å². The van der Waals surface area contributed by atoms with Gasteiger partial charge < -0.3 is 19.6 Å². The molecule has 0 bridgehead atoms. The van der Waals surface area contributed by atoms with Gasteiger partial charge in [0.25, 0.3) is 10.0 Å². The molecule has 14 heteroatoms. The lowest BCUT2D eigenvalue weighted by Crippen LogP contribution is -2.43. The fourth-order valence-electron chi connectivity index (χ4n) is 5.07. The lowest BCUT2D eigenvalue weighted by Gasteiger charge is -2.37. The summed E-state index contributed by atoms with van der Waals surface area (Å²) in [5, 5.41) is 9.14. The highest BCUT2D eigenvalue weighted by molar-refractivity contribution is 7.92. The Balaban J connectivity index is 1.45. The number of alkyl halides is 3. The van der Waals surface area contributed by atoms with Crippen LogP contribution in [0.3, 0.4) is 0 Å². The number of para-hydroxylation sites is 1. The molecule has 0 aliphatic carbocycles. The Morgan fingerprint density at radius 3 is 2.31 bits per heavy atom. The second-order valence-corrected chi connectivity index (χ2v) is 12.1. The summed E-state index contributed by atoms with van der Waals surface area (Å²) in [6, 6.07) is 12.7. The van der Waals surface area contributed by atoms with Gasteiger partial charge in [-0.25, -0.2) is 9.97 Å². The van der Waals surface area contributed by atoms with Crippen LogP contribution in [0, 0.1) is 5.41 Å². The summed E-state index contributed by atoms with van der Waals surface area (Å²) in [5.41, 5.74) is -1.51. The Morgan fingerprint density at radius 1 is 0.952 bits per heavy atom. The molecule has 0 atom stereocenters. The van der Waals surface area contributed by atoms with Crippen molar-refractivity contribution in [1.82, 2.24) is 9.97 Å². The Kier molecular flexibility index (Phi) is 8.03. The summed E-state index contributed by atoms with van der Waals surface area (Å²) >= 11 is 0. The zero-order valence-electron chi connectivity index (χ0n) is 22.8. The molecule has 0 spiro atoms. The second-order valence-electron chi connectivity index (χ2n) is 10.5. The van der Waals surface area contributed by atoms with Crippen molar-refractivity contribution < 1.29 is 36.2 Å². The largest absolute Gasteiger partial charge is 0.481 e. The van der Waals surface area contributed by atoms with Crippen molar-refractivity contribution >= 4 is 33.3 Å². The minimum absolute atomic E-state index is 0.214. The van der Waals surface area contributed by atoms with E-state index in [-0.39, 0.29) is 16.4 Å². The molecule has 2 aliphatic rings. The topological polar surface area (TPSA) is 125 Å². The lowest BCUT2D eigenvalue weighted by atomic mass is 9.80. The Bertz CT molecular complexity index is 1570. The molecule has 0 unspecified atom stereocenters. The first-order valence-corrected chi connectivity index (χ1v) is 14.8. The smallest absolute Gasteiger partial charge is 0.418 e. The first-order valence-electron chi connectivity index (χ1n) is 13.4. The third kappa shape index (κ3) is 6.14. The molecule has 2 fully saturated rings. The zero-order valence-corrected chi connectivity index (χ0v) is 23.6. The van der Waals surface area contributed by atoms with Gasteiger partial charge in [-0.15, -0.1) is 0 Å². The Hall–Kier alpha value is -3.91. The average Bonchev–Trinajstić information content (AvgIpc) is 2.97. The van der Waals surface area contributed by atoms with Crippen molar-refractivity contribution in [2.24, 2.45) is 5.41 Å². The maximum Gasteiger partial charge on any atom is 0.418 e. The monoisotopic (exact) mass is 605 g/mol. The molecule has 3 aromatic rings. The summed E-state index contributed by atoms with van der Waals surface area (Å²) in [4.78, 5) is 23.7. The molecule has 4 heterocycles. The van der Waals surface area contributed by atoms with E-state index in [0.29, 0.717) is 63.7 Å². The van der Waals surface area contributed by atoms with Crippen LogP contribution < -0.4 is 14.5 Å². The van der Waals surface area contributed by atoms with Crippen LogP contribution in [-0.4, -0.2) is 68.9 Å². The standard InChI is InChI=1S/C28H30F3N5O5S/c1-27(26(37)38)11-13-36(14-12-27)23-7-4-8-24(33-23)42(39,40)34-22-10-9-20(28(29,30)31)25(32-22)19-5-2-3-6-21(19)35-15-17-41-18-16-35/h2-10H,11-18H2,1H3,(H,32,34)(H,37,38). The van der Waals surface area contributed by atoms with E-state index >= 15 is 0 Å². The zero-order chi connectivity index (χ0) is 30.1. The van der Waals surface area contributed by atoms with Crippen molar-refractivity contribution in [2.45, 2.75) is 31.0 Å². The van der Waals surface area contributed by atoms with Crippen LogP contribution in [0.25, 0.3) is 11.3 Å². The fraction of sp³-hybridized carbons (Fsp3) is 0.393. The van der Waals surface area contributed by atoms with Crippen LogP contribution in [0.1, 0.15) is 25.3 Å². The summed E-state index contributed by atoms with van der Waals surface area (Å²) in [5.74, 6) is -0.824. The third-order valence-electron chi connectivity index (χ3n) is 7.64. The number of aromatic nitrogens is 2. The van der Waals surface area contributed by atoms with Gasteiger partial charge in [-0.05, 0) is 50.1 Å². The SMILES string of the molecule is CC1(C(=O)O)CCN(c2cccc(S(=O)(=O)Nc3ccc(C(F)(F)F)c(-c4ccccc4N4CCOCC4)n3)n2)CC1. The average molecular weight is 606 g/mol. The number of nitrogens with one attached hydrogen (secondary N) is 1. The highest BCUT2D eigenvalue weighted by Crippen LogP contribution is 2.40. The van der Waals surface area contributed by atoms with E-state index in [1.165, 1.54) is 18.2 Å². The van der Waals surface area contributed by atoms with Crippen LogP contribution in [0.5, 0.6) is 0 Å². The molecular formula is C28H30F3N5O5S. The summed E-state index contributed by atoms with van der Waals surface area (Å²) in [6.07, 6.45) is -4.01. The predicted molar refractivity (Wildman–Crippen MR) is 150 cm³/mol. The van der Waals surface area contributed by atoms with Gasteiger partial charge in [0.1, 0.15) is 11.6 Å².